The van der Waals surface area contributed by atoms with Gasteiger partial charge in [0.15, 0.2) is 0 Å². The minimum atomic E-state index is -0.794. The lowest BCUT2D eigenvalue weighted by molar-refractivity contribution is -0.154. The van der Waals surface area contributed by atoms with Gasteiger partial charge in [-0.2, -0.15) is 0 Å². The van der Waals surface area contributed by atoms with E-state index in [1.807, 2.05) is 42.2 Å². The predicted octanol–water partition coefficient (Wildman–Crippen LogP) is 3.86. The zero-order valence-electron chi connectivity index (χ0n) is 23.3. The maximum atomic E-state index is 14.7. The molecule has 2 bridgehead atoms. The fraction of sp³-hybridized carbons (Fsp3) is 0.581. The second-order valence-electron chi connectivity index (χ2n) is 11.2. The van der Waals surface area contributed by atoms with E-state index >= 15 is 0 Å². The third-order valence-corrected chi connectivity index (χ3v) is 10.9. The average Bonchev–Trinajstić information content (AvgIpc) is 3.53. The molecule has 3 aliphatic rings. The predicted molar refractivity (Wildman–Crippen MR) is 154 cm³/mol. The van der Waals surface area contributed by atoms with Crippen molar-refractivity contribution in [2.24, 2.45) is 17.8 Å². The summed E-state index contributed by atoms with van der Waals surface area (Å²) in [5, 5.41) is 10.6. The van der Waals surface area contributed by atoms with Gasteiger partial charge in [0.05, 0.1) is 29.2 Å². The summed E-state index contributed by atoms with van der Waals surface area (Å²) in [4.78, 5) is 45.9. The lowest BCUT2D eigenvalue weighted by Crippen LogP contribution is -2.60. The molecule has 3 heterocycles. The number of benzene rings is 1. The Morgan fingerprint density at radius 2 is 2.00 bits per heavy atom. The van der Waals surface area contributed by atoms with Gasteiger partial charge in [0.25, 0.3) is 0 Å². The Morgan fingerprint density at radius 3 is 2.62 bits per heavy atom. The molecule has 1 N–H and O–H groups in total. The number of esters is 1. The number of carbonyl (C=O) groups is 3. The summed E-state index contributed by atoms with van der Waals surface area (Å²) < 4.78 is 4.72. The van der Waals surface area contributed by atoms with Crippen LogP contribution in [0.2, 0.25) is 0 Å². The minimum Gasteiger partial charge on any atom is -0.461 e. The Labute approximate surface area is 236 Å². The van der Waals surface area contributed by atoms with Crippen LogP contribution in [0.15, 0.2) is 55.6 Å². The molecule has 212 valence electrons. The molecular formula is C31H42N2O5S. The molecule has 3 fully saturated rings. The first kappa shape index (κ1) is 29.4. The quantitative estimate of drug-likeness (QED) is 0.294. The van der Waals surface area contributed by atoms with Crippen molar-refractivity contribution in [3.63, 3.8) is 0 Å². The maximum absolute atomic E-state index is 14.7. The monoisotopic (exact) mass is 554 g/mol. The van der Waals surface area contributed by atoms with Gasteiger partial charge in [0.2, 0.25) is 11.8 Å². The highest BCUT2D eigenvalue weighted by molar-refractivity contribution is 8.02. The summed E-state index contributed by atoms with van der Waals surface area (Å²) in [5.41, 5.74) is 0.972. The summed E-state index contributed by atoms with van der Waals surface area (Å²) in [5.74, 6) is -2.04. The number of rotatable bonds is 13. The molecule has 4 rings (SSSR count). The fourth-order valence-corrected chi connectivity index (χ4v) is 9.52. The molecule has 1 spiro atoms. The third kappa shape index (κ3) is 5.06. The molecule has 7 nitrogen and oxygen atoms in total. The lowest BCUT2D eigenvalue weighted by Gasteiger charge is -2.43. The van der Waals surface area contributed by atoms with E-state index in [4.69, 9.17) is 4.74 Å². The number of nitrogens with zero attached hydrogens (tertiary/aromatic N) is 2. The van der Waals surface area contributed by atoms with Crippen molar-refractivity contribution >= 4 is 29.5 Å². The number of hydrogen-bond acceptors (Lipinski definition) is 6. The van der Waals surface area contributed by atoms with E-state index in [-0.39, 0.29) is 42.2 Å². The number of fused-ring (bicyclic) bond motifs is 1. The van der Waals surface area contributed by atoms with Crippen molar-refractivity contribution < 1.29 is 24.2 Å². The molecule has 2 amide bonds. The second-order valence-corrected chi connectivity index (χ2v) is 12.7. The minimum absolute atomic E-state index is 0.0342. The Bertz CT molecular complexity index is 1080. The Morgan fingerprint density at radius 1 is 1.28 bits per heavy atom. The van der Waals surface area contributed by atoms with Crippen LogP contribution < -0.4 is 0 Å². The highest BCUT2D eigenvalue weighted by Crippen LogP contribution is 2.69. The third-order valence-electron chi connectivity index (χ3n) is 8.80. The van der Waals surface area contributed by atoms with E-state index in [0.29, 0.717) is 13.0 Å². The van der Waals surface area contributed by atoms with Crippen LogP contribution in [0.1, 0.15) is 45.6 Å². The Balaban J connectivity index is 1.82. The van der Waals surface area contributed by atoms with Crippen LogP contribution in [-0.2, 0) is 25.5 Å². The van der Waals surface area contributed by atoms with Gasteiger partial charge in [-0.1, -0.05) is 69.3 Å². The van der Waals surface area contributed by atoms with Gasteiger partial charge < -0.3 is 19.6 Å². The van der Waals surface area contributed by atoms with Crippen LogP contribution in [0.4, 0.5) is 0 Å². The van der Waals surface area contributed by atoms with Gasteiger partial charge in [-0.3, -0.25) is 14.4 Å². The first-order chi connectivity index (χ1) is 18.8. The molecule has 0 aliphatic carbocycles. The largest absolute Gasteiger partial charge is 0.461 e. The lowest BCUT2D eigenvalue weighted by atomic mass is 9.66. The maximum Gasteiger partial charge on any atom is 0.311 e. The number of amides is 2. The summed E-state index contributed by atoms with van der Waals surface area (Å²) in [6.07, 6.45) is 6.14. The van der Waals surface area contributed by atoms with Crippen molar-refractivity contribution in [1.82, 2.24) is 9.80 Å². The number of aliphatic hydroxyl groups excluding tert-OH is 1. The van der Waals surface area contributed by atoms with E-state index in [0.717, 1.165) is 24.8 Å². The molecule has 1 aromatic rings. The number of aliphatic hydroxyl groups is 1. The average molecular weight is 555 g/mol. The topological polar surface area (TPSA) is 87.1 Å². The number of likely N-dealkylation sites (tertiary alicyclic amines) is 1. The summed E-state index contributed by atoms with van der Waals surface area (Å²) in [7, 11) is 0. The summed E-state index contributed by atoms with van der Waals surface area (Å²) in [6.45, 7) is 13.9. The van der Waals surface area contributed by atoms with E-state index in [1.165, 1.54) is 6.08 Å². The Hall–Kier alpha value is -2.58. The number of hydrogen-bond donors (Lipinski definition) is 1. The van der Waals surface area contributed by atoms with Gasteiger partial charge >= 0.3 is 5.97 Å². The molecule has 39 heavy (non-hydrogen) atoms. The Kier molecular flexibility index (Phi) is 9.27. The molecule has 3 saturated heterocycles. The highest BCUT2D eigenvalue weighted by atomic mass is 32.2. The highest BCUT2D eigenvalue weighted by Gasteiger charge is 2.77. The van der Waals surface area contributed by atoms with Crippen LogP contribution in [-0.4, -0.2) is 80.6 Å². The van der Waals surface area contributed by atoms with Crippen molar-refractivity contribution in [3.8, 4) is 0 Å². The molecule has 1 aromatic carbocycles. The summed E-state index contributed by atoms with van der Waals surface area (Å²) >= 11 is 1.62. The normalized spacial score (nSPS) is 30.5. The van der Waals surface area contributed by atoms with E-state index in [2.05, 4.69) is 27.0 Å². The fourth-order valence-electron chi connectivity index (χ4n) is 7.13. The standard InChI is InChI=1S/C31H42N2O5S/c1-6-12-21(5)32(15-7-2)29(36)27-31-20(4)17-24(39-31)25(30(37)38-16-8-3)26(31)28(35)33(27)23(19-34)18-22-13-10-9-11-14-22/h7-11,13-14,20-21,23-27,34H,2-3,6,12,15-19H2,1,4-5H3/t20?,21?,23-,24-,25+,26+,27?,31?/m1/s1. The molecule has 8 heteroatoms. The second kappa shape index (κ2) is 12.3. The number of carbonyl (C=O) groups excluding carboxylic acids is 3. The number of ether oxygens (including phenoxy) is 1. The van der Waals surface area contributed by atoms with Gasteiger partial charge in [-0.15, -0.1) is 18.3 Å². The smallest absolute Gasteiger partial charge is 0.311 e. The molecule has 8 atom stereocenters. The summed E-state index contributed by atoms with van der Waals surface area (Å²) in [6, 6.07) is 8.27. The van der Waals surface area contributed by atoms with E-state index in [1.54, 1.807) is 22.7 Å². The van der Waals surface area contributed by atoms with Crippen LogP contribution in [0.5, 0.6) is 0 Å². The van der Waals surface area contributed by atoms with Crippen molar-refractivity contribution in [2.75, 3.05) is 19.8 Å². The van der Waals surface area contributed by atoms with Gasteiger partial charge in [-0.05, 0) is 37.7 Å². The zero-order valence-corrected chi connectivity index (χ0v) is 24.1. The van der Waals surface area contributed by atoms with Crippen LogP contribution in [0.25, 0.3) is 0 Å². The van der Waals surface area contributed by atoms with Gasteiger partial charge in [0, 0.05) is 17.8 Å². The molecular weight excluding hydrogens is 512 g/mol. The van der Waals surface area contributed by atoms with E-state index < -0.39 is 34.6 Å². The van der Waals surface area contributed by atoms with E-state index in [9.17, 15) is 19.5 Å². The molecule has 4 unspecified atom stereocenters. The zero-order chi connectivity index (χ0) is 28.3. The molecule has 0 saturated carbocycles. The first-order valence-electron chi connectivity index (χ1n) is 14.1. The molecule has 0 radical (unpaired) electrons. The molecule has 3 aliphatic heterocycles. The SMILES string of the molecule is C=CCOC(=O)[C@@H]1[C@H]2C(=O)N([C@@H](CO)Cc3ccccc3)C(C(=O)N(CC=C)C(C)CCC)C23S[C@@H]1CC3C. The number of thioether (sulfide) groups is 1. The molecule has 0 aromatic heterocycles. The first-order valence-corrected chi connectivity index (χ1v) is 15.0. The van der Waals surface area contributed by atoms with Crippen molar-refractivity contribution in [3.05, 3.63) is 61.2 Å². The van der Waals surface area contributed by atoms with Crippen molar-refractivity contribution in [1.29, 1.82) is 0 Å². The van der Waals surface area contributed by atoms with Crippen molar-refractivity contribution in [2.45, 2.75) is 74.6 Å². The van der Waals surface area contributed by atoms with Gasteiger partial charge in [0.1, 0.15) is 12.6 Å². The van der Waals surface area contributed by atoms with Crippen LogP contribution in [0, 0.1) is 17.8 Å². The van der Waals surface area contributed by atoms with Gasteiger partial charge in [-0.25, -0.2) is 0 Å². The van der Waals surface area contributed by atoms with Crippen LogP contribution >= 0.6 is 11.8 Å². The van der Waals surface area contributed by atoms with Crippen LogP contribution in [0.3, 0.4) is 0 Å².